The van der Waals surface area contributed by atoms with E-state index in [-0.39, 0.29) is 11.8 Å². The fourth-order valence-electron chi connectivity index (χ4n) is 8.23. The van der Waals surface area contributed by atoms with Gasteiger partial charge in [-0.3, -0.25) is 0 Å². The van der Waals surface area contributed by atoms with E-state index in [0.717, 1.165) is 30.1 Å². The summed E-state index contributed by atoms with van der Waals surface area (Å²) >= 11 is 0. The molecule has 0 radical (unpaired) electrons. The molecule has 8 atom stereocenters. The van der Waals surface area contributed by atoms with E-state index in [9.17, 15) is 5.11 Å². The lowest BCUT2D eigenvalue weighted by Gasteiger charge is -2.58. The summed E-state index contributed by atoms with van der Waals surface area (Å²) in [6, 6.07) is 0. The number of allylic oxidation sites excluding steroid dienone is 1. The quantitative estimate of drug-likeness (QED) is 0.486. The molecule has 4 aliphatic rings. The Hall–Kier alpha value is -0.300. The lowest BCUT2D eigenvalue weighted by molar-refractivity contribution is -0.0573. The second-order valence-electron chi connectivity index (χ2n) is 11.8. The predicted molar refractivity (Wildman–Crippen MR) is 119 cm³/mol. The van der Waals surface area contributed by atoms with E-state index in [0.29, 0.717) is 23.7 Å². The van der Waals surface area contributed by atoms with Crippen molar-refractivity contribution in [1.82, 2.24) is 0 Å². The van der Waals surface area contributed by atoms with Gasteiger partial charge in [0.25, 0.3) is 0 Å². The van der Waals surface area contributed by atoms with Gasteiger partial charge < -0.3 is 5.11 Å². The van der Waals surface area contributed by atoms with Crippen LogP contribution in [0.4, 0.5) is 0 Å². The van der Waals surface area contributed by atoms with E-state index < -0.39 is 12.5 Å². The highest BCUT2D eigenvalue weighted by atomic mass is 16.3. The highest BCUT2D eigenvalue weighted by molar-refractivity contribution is 5.25. The van der Waals surface area contributed by atoms with Gasteiger partial charge in [-0.15, -0.1) is 0 Å². The van der Waals surface area contributed by atoms with Crippen LogP contribution in [-0.2, 0) is 0 Å². The molecule has 0 aromatic rings. The van der Waals surface area contributed by atoms with Gasteiger partial charge in [0.05, 0.1) is 7.45 Å². The minimum Gasteiger partial charge on any atom is -0.393 e. The molecule has 0 heterocycles. The maximum Gasteiger partial charge on any atom is 0.0604 e. The van der Waals surface area contributed by atoms with Gasteiger partial charge in [0.15, 0.2) is 0 Å². The largest absolute Gasteiger partial charge is 0.393 e. The lowest BCUT2D eigenvalue weighted by atomic mass is 9.47. The third kappa shape index (κ3) is 3.42. The third-order valence-corrected chi connectivity index (χ3v) is 9.84. The fourth-order valence-corrected chi connectivity index (χ4v) is 8.23. The van der Waals surface area contributed by atoms with Gasteiger partial charge in [0, 0.05) is 2.74 Å². The minimum absolute atomic E-state index is 0.178. The molecule has 0 bridgehead atoms. The molecule has 160 valence electrons. The molecule has 0 aliphatic heterocycles. The highest BCUT2D eigenvalue weighted by Gasteiger charge is 2.59. The molecule has 4 aliphatic carbocycles. The SMILES string of the molecule is [2H]C1([2H])C[C@@]2(C)C(=CC[C@H]3[C@@H]4CC[C@H]([C@H](C)CCCC(C)C)[C@@]4(C)CC[C@@H]32)CC1([2H])O. The van der Waals surface area contributed by atoms with Gasteiger partial charge in [0.2, 0.25) is 0 Å². The Kier molecular flexibility index (Phi) is 4.81. The summed E-state index contributed by atoms with van der Waals surface area (Å²) in [6.45, 7) is 12.0. The first-order chi connectivity index (χ1) is 14.3. The smallest absolute Gasteiger partial charge is 0.0604 e. The van der Waals surface area contributed by atoms with Crippen molar-refractivity contribution in [1.29, 1.82) is 0 Å². The zero-order valence-electron chi connectivity index (χ0n) is 22.1. The Morgan fingerprint density at radius 2 is 1.93 bits per heavy atom. The normalized spacial score (nSPS) is 52.5. The van der Waals surface area contributed by atoms with Crippen LogP contribution in [-0.4, -0.2) is 11.2 Å². The van der Waals surface area contributed by atoms with E-state index in [4.69, 9.17) is 4.11 Å². The van der Waals surface area contributed by atoms with Crippen LogP contribution in [0.25, 0.3) is 0 Å². The van der Waals surface area contributed by atoms with Gasteiger partial charge in [-0.05, 0) is 97.7 Å². The van der Waals surface area contributed by atoms with E-state index in [1.54, 1.807) is 0 Å². The molecule has 0 spiro atoms. The molecule has 0 saturated heterocycles. The molecule has 1 nitrogen and oxygen atoms in total. The Labute approximate surface area is 179 Å². The first kappa shape index (κ1) is 17.4. The number of fused-ring (bicyclic) bond motifs is 5. The molecule has 0 aromatic carbocycles. The maximum absolute atomic E-state index is 10.5. The zero-order chi connectivity index (χ0) is 22.8. The summed E-state index contributed by atoms with van der Waals surface area (Å²) < 4.78 is 25.1. The molecular weight excluding hydrogens is 340 g/mol. The zero-order valence-corrected chi connectivity index (χ0v) is 19.1. The molecule has 3 fully saturated rings. The molecule has 1 N–H and O–H groups in total. The van der Waals surface area contributed by atoms with Crippen LogP contribution in [0.15, 0.2) is 11.6 Å². The molecule has 4 rings (SSSR count). The summed E-state index contributed by atoms with van der Waals surface area (Å²) in [5.41, 5.74) is 1.41. The molecule has 1 heteroatoms. The standard InChI is InChI=1S/C27H46O/c1-18(2)7-6-8-19(3)23-11-12-24-22-10-9-20-17-21(28)13-15-26(20,4)25(22)14-16-27(23,24)5/h9,18-19,21-25,28H,6-8,10-17H2,1-5H3/t19-,21?,22+,23-,24+,25+,26+,27-/m1/s1/i13D2,21D. The second kappa shape index (κ2) is 7.75. The van der Waals surface area contributed by atoms with Crippen LogP contribution in [0.1, 0.15) is 109 Å². The van der Waals surface area contributed by atoms with Gasteiger partial charge in [0.1, 0.15) is 0 Å². The number of aliphatic hydroxyl groups is 1. The molecule has 1 unspecified atom stereocenters. The van der Waals surface area contributed by atoms with Crippen LogP contribution in [0, 0.1) is 46.3 Å². The first-order valence-corrected chi connectivity index (χ1v) is 12.2. The Morgan fingerprint density at radius 1 is 1.14 bits per heavy atom. The van der Waals surface area contributed by atoms with Crippen LogP contribution >= 0.6 is 0 Å². The summed E-state index contributed by atoms with van der Waals surface area (Å²) in [4.78, 5) is 0. The summed E-state index contributed by atoms with van der Waals surface area (Å²) in [5.74, 6) is 4.34. The molecule has 0 aromatic heterocycles. The molecule has 3 saturated carbocycles. The fraction of sp³-hybridized carbons (Fsp3) is 0.926. The molecular formula is C27H46O. The summed E-state index contributed by atoms with van der Waals surface area (Å²) in [7, 11) is 0. The third-order valence-electron chi connectivity index (χ3n) is 9.84. The highest BCUT2D eigenvalue weighted by Crippen LogP contribution is 2.67. The van der Waals surface area contributed by atoms with Crippen molar-refractivity contribution in [3.63, 3.8) is 0 Å². The monoisotopic (exact) mass is 389 g/mol. The predicted octanol–water partition coefficient (Wildman–Crippen LogP) is 7.39. The summed E-state index contributed by atoms with van der Waals surface area (Å²) in [5, 5.41) is 10.5. The lowest BCUT2D eigenvalue weighted by Crippen LogP contribution is -2.50. The van der Waals surface area contributed by atoms with Gasteiger partial charge in [-0.25, -0.2) is 0 Å². The van der Waals surface area contributed by atoms with Crippen LogP contribution in [0.3, 0.4) is 0 Å². The average molecular weight is 390 g/mol. The van der Waals surface area contributed by atoms with Crippen LogP contribution in [0.2, 0.25) is 0 Å². The topological polar surface area (TPSA) is 20.2 Å². The molecule has 0 amide bonds. The van der Waals surface area contributed by atoms with Crippen molar-refractivity contribution < 1.29 is 9.22 Å². The van der Waals surface area contributed by atoms with Crippen LogP contribution < -0.4 is 0 Å². The Bertz CT molecular complexity index is 713. The van der Waals surface area contributed by atoms with E-state index >= 15 is 0 Å². The van der Waals surface area contributed by atoms with Crippen molar-refractivity contribution in [3.05, 3.63) is 11.6 Å². The van der Waals surface area contributed by atoms with Gasteiger partial charge in [-0.2, -0.15) is 0 Å². The minimum atomic E-state index is -1.99. The van der Waals surface area contributed by atoms with Crippen molar-refractivity contribution in [2.75, 3.05) is 0 Å². The van der Waals surface area contributed by atoms with Crippen molar-refractivity contribution in [3.8, 4) is 0 Å². The number of rotatable bonds is 5. The van der Waals surface area contributed by atoms with E-state index in [1.165, 1.54) is 50.5 Å². The summed E-state index contributed by atoms with van der Waals surface area (Å²) in [6.07, 6.45) is 9.27. The first-order valence-electron chi connectivity index (χ1n) is 13.7. The second-order valence-corrected chi connectivity index (χ2v) is 11.8. The van der Waals surface area contributed by atoms with E-state index in [2.05, 4.69) is 40.7 Å². The van der Waals surface area contributed by atoms with Crippen molar-refractivity contribution in [2.24, 2.45) is 46.3 Å². The van der Waals surface area contributed by atoms with Crippen molar-refractivity contribution in [2.45, 2.75) is 111 Å². The van der Waals surface area contributed by atoms with Crippen molar-refractivity contribution >= 4 is 0 Å². The Balaban J connectivity index is 1.54. The van der Waals surface area contributed by atoms with Crippen LogP contribution in [0.5, 0.6) is 0 Å². The van der Waals surface area contributed by atoms with Gasteiger partial charge >= 0.3 is 0 Å². The van der Waals surface area contributed by atoms with Gasteiger partial charge in [-0.1, -0.05) is 65.5 Å². The van der Waals surface area contributed by atoms with E-state index in [1.807, 2.05) is 0 Å². The molecule has 28 heavy (non-hydrogen) atoms. The maximum atomic E-state index is 10.5. The average Bonchev–Trinajstić information content (AvgIpc) is 2.99. The number of hydrogen-bond donors (Lipinski definition) is 1. The number of hydrogen-bond acceptors (Lipinski definition) is 1. The Morgan fingerprint density at radius 3 is 2.68 bits per heavy atom.